The van der Waals surface area contributed by atoms with Crippen LogP contribution in [-0.4, -0.2) is 18.0 Å². The van der Waals surface area contributed by atoms with Crippen molar-refractivity contribution < 1.29 is 9.59 Å². The molecule has 3 amide bonds. The van der Waals surface area contributed by atoms with Gasteiger partial charge in [-0.2, -0.15) is 0 Å². The minimum atomic E-state index is -0.643. The van der Waals surface area contributed by atoms with E-state index in [1.807, 2.05) is 13.0 Å². The molecular weight excluding hydrogens is 250 g/mol. The lowest BCUT2D eigenvalue weighted by Gasteiger charge is -2.10. The van der Waals surface area contributed by atoms with E-state index in [0.29, 0.717) is 11.3 Å². The van der Waals surface area contributed by atoms with Crippen molar-refractivity contribution in [1.82, 2.24) is 5.32 Å². The SMILES string of the molecule is Cc1ccc(C(=O)NC2CC2)c(NC(=O)N=S)c1. The van der Waals surface area contributed by atoms with Crippen molar-refractivity contribution in [2.75, 3.05) is 5.32 Å². The van der Waals surface area contributed by atoms with Gasteiger partial charge >= 0.3 is 6.03 Å². The van der Waals surface area contributed by atoms with Gasteiger partial charge in [0.05, 0.1) is 11.3 Å². The van der Waals surface area contributed by atoms with Crippen molar-refractivity contribution in [2.45, 2.75) is 25.8 Å². The highest BCUT2D eigenvalue weighted by Crippen LogP contribution is 2.22. The monoisotopic (exact) mass is 263 g/mol. The van der Waals surface area contributed by atoms with E-state index in [2.05, 4.69) is 27.4 Å². The Hall–Kier alpha value is -1.82. The minimum absolute atomic E-state index is 0.183. The smallest absolute Gasteiger partial charge is 0.349 e. The maximum atomic E-state index is 12.0. The average Bonchev–Trinajstić information content (AvgIpc) is 3.12. The summed E-state index contributed by atoms with van der Waals surface area (Å²) in [5.74, 6) is -0.183. The summed E-state index contributed by atoms with van der Waals surface area (Å²) in [5.41, 5.74) is 1.81. The Morgan fingerprint density at radius 2 is 2.11 bits per heavy atom. The van der Waals surface area contributed by atoms with Crippen LogP contribution in [0.4, 0.5) is 10.5 Å². The van der Waals surface area contributed by atoms with E-state index in [9.17, 15) is 9.59 Å². The molecule has 18 heavy (non-hydrogen) atoms. The van der Waals surface area contributed by atoms with E-state index in [0.717, 1.165) is 18.4 Å². The molecule has 2 N–H and O–H groups in total. The summed E-state index contributed by atoms with van der Waals surface area (Å²) in [5, 5.41) is 5.38. The van der Waals surface area contributed by atoms with Crippen LogP contribution in [0.25, 0.3) is 0 Å². The molecule has 0 aliphatic heterocycles. The molecule has 1 fully saturated rings. The summed E-state index contributed by atoms with van der Waals surface area (Å²) < 4.78 is 3.09. The van der Waals surface area contributed by atoms with Crippen LogP contribution < -0.4 is 10.6 Å². The molecule has 0 bridgehead atoms. The Bertz CT molecular complexity index is 512. The minimum Gasteiger partial charge on any atom is -0.349 e. The number of nitrogens with zero attached hydrogens (tertiary/aromatic N) is 1. The maximum Gasteiger partial charge on any atom is 0.356 e. The molecule has 1 saturated carbocycles. The van der Waals surface area contributed by atoms with Gasteiger partial charge < -0.3 is 10.6 Å². The average molecular weight is 263 g/mol. The fourth-order valence-electron chi connectivity index (χ4n) is 1.59. The van der Waals surface area contributed by atoms with Gasteiger partial charge in [-0.05, 0) is 37.5 Å². The third-order valence-electron chi connectivity index (χ3n) is 2.66. The lowest BCUT2D eigenvalue weighted by Crippen LogP contribution is -2.26. The second-order valence-corrected chi connectivity index (χ2v) is 4.50. The van der Waals surface area contributed by atoms with Crippen LogP contribution in [0.5, 0.6) is 0 Å². The number of hydrogen-bond donors (Lipinski definition) is 2. The Morgan fingerprint density at radius 3 is 2.72 bits per heavy atom. The van der Waals surface area contributed by atoms with Crippen LogP contribution in [0.1, 0.15) is 28.8 Å². The summed E-state index contributed by atoms with van der Waals surface area (Å²) >= 11 is 4.31. The molecule has 0 atom stereocenters. The molecule has 1 aromatic carbocycles. The van der Waals surface area contributed by atoms with E-state index in [4.69, 9.17) is 0 Å². The van der Waals surface area contributed by atoms with Crippen molar-refractivity contribution in [1.29, 1.82) is 0 Å². The van der Waals surface area contributed by atoms with Crippen molar-refractivity contribution in [2.24, 2.45) is 4.36 Å². The lowest BCUT2D eigenvalue weighted by atomic mass is 10.1. The number of urea groups is 1. The molecule has 1 aliphatic carbocycles. The summed E-state index contributed by atoms with van der Waals surface area (Å²) in [6, 6.07) is 4.86. The van der Waals surface area contributed by atoms with E-state index >= 15 is 0 Å². The van der Waals surface area contributed by atoms with Crippen LogP contribution in [-0.2, 0) is 12.4 Å². The van der Waals surface area contributed by atoms with Gasteiger partial charge in [0.25, 0.3) is 5.91 Å². The highest BCUT2D eigenvalue weighted by molar-refractivity contribution is 7.47. The van der Waals surface area contributed by atoms with Crippen LogP contribution in [0.3, 0.4) is 0 Å². The molecule has 0 saturated heterocycles. The first-order valence-electron chi connectivity index (χ1n) is 5.66. The number of rotatable bonds is 3. The van der Waals surface area contributed by atoms with E-state index in [-0.39, 0.29) is 11.9 Å². The molecule has 0 heterocycles. The number of benzene rings is 1. The predicted molar refractivity (Wildman–Crippen MR) is 70.5 cm³/mol. The highest BCUT2D eigenvalue weighted by Gasteiger charge is 2.25. The largest absolute Gasteiger partial charge is 0.356 e. The molecule has 0 aromatic heterocycles. The number of anilines is 1. The Kier molecular flexibility index (Phi) is 3.66. The fourth-order valence-corrected chi connectivity index (χ4v) is 1.63. The third-order valence-corrected chi connectivity index (χ3v) is 2.82. The van der Waals surface area contributed by atoms with Crippen LogP contribution in [0.2, 0.25) is 0 Å². The van der Waals surface area contributed by atoms with Gasteiger partial charge in [0, 0.05) is 18.5 Å². The summed E-state index contributed by atoms with van der Waals surface area (Å²) in [7, 11) is 0. The molecular formula is C12H13N3O2S. The molecule has 6 heteroatoms. The second-order valence-electron chi connectivity index (χ2n) is 4.32. The van der Waals surface area contributed by atoms with E-state index < -0.39 is 6.03 Å². The fraction of sp³-hybridized carbons (Fsp3) is 0.333. The summed E-state index contributed by atoms with van der Waals surface area (Å²) in [6.07, 6.45) is 2.03. The highest BCUT2D eigenvalue weighted by atomic mass is 32.1. The first-order valence-corrected chi connectivity index (χ1v) is 6.02. The van der Waals surface area contributed by atoms with Gasteiger partial charge in [-0.1, -0.05) is 6.07 Å². The van der Waals surface area contributed by atoms with Crippen LogP contribution >= 0.6 is 0 Å². The van der Waals surface area contributed by atoms with Crippen molar-refractivity contribution in [3.05, 3.63) is 29.3 Å². The first-order chi connectivity index (χ1) is 8.60. The normalized spacial score (nSPS) is 13.8. The molecule has 0 radical (unpaired) electrons. The van der Waals surface area contributed by atoms with Gasteiger partial charge in [0.1, 0.15) is 0 Å². The first kappa shape index (κ1) is 12.6. The number of aryl methyl sites for hydroxylation is 1. The van der Waals surface area contributed by atoms with Crippen molar-refractivity contribution in [3.63, 3.8) is 0 Å². The Labute approximate surface area is 110 Å². The summed E-state index contributed by atoms with van der Waals surface area (Å²) in [6.45, 7) is 1.88. The molecule has 5 nitrogen and oxygen atoms in total. The van der Waals surface area contributed by atoms with Crippen LogP contribution in [0.15, 0.2) is 22.6 Å². The molecule has 0 spiro atoms. The number of nitrogens with one attached hydrogen (secondary N) is 2. The quantitative estimate of drug-likeness (QED) is 0.877. The number of carbonyl (C=O) groups excluding carboxylic acids is 2. The zero-order valence-electron chi connectivity index (χ0n) is 9.90. The second kappa shape index (κ2) is 5.22. The zero-order chi connectivity index (χ0) is 13.1. The van der Waals surface area contributed by atoms with E-state index in [1.54, 1.807) is 12.1 Å². The topological polar surface area (TPSA) is 70.6 Å². The third kappa shape index (κ3) is 3.10. The summed E-state index contributed by atoms with van der Waals surface area (Å²) in [4.78, 5) is 23.2. The number of amides is 3. The van der Waals surface area contributed by atoms with Gasteiger partial charge in [0.15, 0.2) is 0 Å². The molecule has 0 unspecified atom stereocenters. The van der Waals surface area contributed by atoms with Crippen molar-refractivity contribution in [3.8, 4) is 0 Å². The van der Waals surface area contributed by atoms with Crippen LogP contribution in [0, 0.1) is 6.92 Å². The molecule has 94 valence electrons. The Morgan fingerprint density at radius 1 is 1.39 bits per heavy atom. The number of carbonyl (C=O) groups is 2. The van der Waals surface area contributed by atoms with Gasteiger partial charge in [-0.15, -0.1) is 4.36 Å². The maximum absolute atomic E-state index is 12.0. The zero-order valence-corrected chi connectivity index (χ0v) is 10.7. The molecule has 2 rings (SSSR count). The number of hydrogen-bond acceptors (Lipinski definition) is 3. The van der Waals surface area contributed by atoms with Gasteiger partial charge in [0.2, 0.25) is 0 Å². The predicted octanol–water partition coefficient (Wildman–Crippen LogP) is 2.15. The Balaban J connectivity index is 2.23. The lowest BCUT2D eigenvalue weighted by molar-refractivity contribution is 0.0952. The standard InChI is InChI=1S/C12H13N3O2S/c1-7-2-5-9(11(16)13-8-3-4-8)10(6-7)14-12(17)15-18/h2,5-6,8H,3-4H2,1H3,(H,13,16)(H,14,17). The van der Waals surface area contributed by atoms with Gasteiger partial charge in [-0.25, -0.2) is 4.79 Å². The van der Waals surface area contributed by atoms with Gasteiger partial charge in [-0.3, -0.25) is 4.79 Å². The van der Waals surface area contributed by atoms with E-state index in [1.165, 1.54) is 0 Å². The molecule has 1 aliphatic rings. The van der Waals surface area contributed by atoms with Crippen molar-refractivity contribution >= 4 is 30.1 Å². The molecule has 1 aromatic rings.